The van der Waals surface area contributed by atoms with Crippen LogP contribution in [-0.4, -0.2) is 30.2 Å². The highest BCUT2D eigenvalue weighted by Gasteiger charge is 2.41. The van der Waals surface area contributed by atoms with Crippen LogP contribution in [0.5, 0.6) is 0 Å². The van der Waals surface area contributed by atoms with Crippen molar-refractivity contribution < 1.29 is 4.48 Å². The van der Waals surface area contributed by atoms with Crippen molar-refractivity contribution >= 4 is 0 Å². The summed E-state index contributed by atoms with van der Waals surface area (Å²) < 4.78 is 1.47. The highest BCUT2D eigenvalue weighted by Crippen LogP contribution is 2.33. The number of nitrogens with zero attached hydrogens (tertiary/aromatic N) is 1. The third kappa shape index (κ3) is 1.28. The minimum absolute atomic E-state index is 0.962. The molecule has 2 aliphatic rings. The van der Waals surface area contributed by atoms with E-state index in [-0.39, 0.29) is 0 Å². The monoisotopic (exact) mass is 168 g/mol. The van der Waals surface area contributed by atoms with Crippen molar-refractivity contribution in [1.82, 2.24) is 0 Å². The normalized spacial score (nSPS) is 48.5. The lowest BCUT2D eigenvalue weighted by Crippen LogP contribution is -2.55. The van der Waals surface area contributed by atoms with E-state index in [1.54, 1.807) is 0 Å². The Hall–Kier alpha value is -0.0400. The van der Waals surface area contributed by atoms with E-state index < -0.39 is 0 Å². The molecule has 0 aliphatic carbocycles. The summed E-state index contributed by atoms with van der Waals surface area (Å²) in [6, 6.07) is 0.962. The van der Waals surface area contributed by atoms with Gasteiger partial charge in [0.1, 0.15) is 0 Å². The summed E-state index contributed by atoms with van der Waals surface area (Å²) in [5, 5.41) is 0. The van der Waals surface area contributed by atoms with Gasteiger partial charge in [-0.2, -0.15) is 0 Å². The van der Waals surface area contributed by atoms with Crippen LogP contribution in [-0.2, 0) is 0 Å². The zero-order valence-corrected chi connectivity index (χ0v) is 8.55. The molecule has 0 aromatic rings. The van der Waals surface area contributed by atoms with Crippen molar-refractivity contribution in [2.75, 3.05) is 19.6 Å². The Labute approximate surface area is 76.3 Å². The molecule has 3 unspecified atom stereocenters. The maximum absolute atomic E-state index is 2.47. The van der Waals surface area contributed by atoms with E-state index in [1.807, 2.05) is 0 Å². The fraction of sp³-hybridized carbons (Fsp3) is 1.00. The molecule has 3 atom stereocenters. The standard InChI is InChI=1S/C11H22N/c1-10-6-8-12(9-10)7-4-3-5-11(12)2/h10-11H,3-9H2,1-2H3/q+1. The van der Waals surface area contributed by atoms with Crippen LogP contribution in [0.25, 0.3) is 0 Å². The Morgan fingerprint density at radius 2 is 1.83 bits per heavy atom. The summed E-state index contributed by atoms with van der Waals surface area (Å²) >= 11 is 0. The second kappa shape index (κ2) is 3.02. The van der Waals surface area contributed by atoms with E-state index in [0.717, 1.165) is 12.0 Å². The predicted octanol–water partition coefficient (Wildman–Crippen LogP) is 2.42. The molecule has 0 bridgehead atoms. The molecular weight excluding hydrogens is 146 g/mol. The lowest BCUT2D eigenvalue weighted by Gasteiger charge is -2.43. The molecule has 12 heavy (non-hydrogen) atoms. The molecule has 0 radical (unpaired) electrons. The van der Waals surface area contributed by atoms with Crippen LogP contribution in [0.3, 0.4) is 0 Å². The molecule has 2 fully saturated rings. The average Bonchev–Trinajstić information content (AvgIpc) is 2.41. The Kier molecular flexibility index (Phi) is 2.16. The third-order valence-electron chi connectivity index (χ3n) is 4.15. The fourth-order valence-corrected chi connectivity index (χ4v) is 3.24. The molecule has 1 spiro atoms. The van der Waals surface area contributed by atoms with Gasteiger partial charge < -0.3 is 4.48 Å². The molecule has 0 amide bonds. The van der Waals surface area contributed by atoms with Gasteiger partial charge in [0.15, 0.2) is 0 Å². The van der Waals surface area contributed by atoms with Gasteiger partial charge in [-0.3, -0.25) is 0 Å². The minimum Gasteiger partial charge on any atom is -0.321 e. The number of quaternary nitrogens is 1. The van der Waals surface area contributed by atoms with Gasteiger partial charge in [0.05, 0.1) is 25.7 Å². The van der Waals surface area contributed by atoms with Crippen molar-refractivity contribution in [3.8, 4) is 0 Å². The second-order valence-electron chi connectivity index (χ2n) is 5.09. The Balaban J connectivity index is 2.07. The molecule has 2 heterocycles. The largest absolute Gasteiger partial charge is 0.321 e. The summed E-state index contributed by atoms with van der Waals surface area (Å²) in [6.07, 6.45) is 5.92. The molecule has 0 N–H and O–H groups in total. The highest BCUT2D eigenvalue weighted by atomic mass is 15.4. The van der Waals surface area contributed by atoms with Gasteiger partial charge in [0.25, 0.3) is 0 Å². The SMILES string of the molecule is CC1CC[N+]2(CCCCC2C)C1. The van der Waals surface area contributed by atoms with Gasteiger partial charge in [-0.15, -0.1) is 0 Å². The molecule has 1 heteroatoms. The third-order valence-corrected chi connectivity index (χ3v) is 4.15. The lowest BCUT2D eigenvalue weighted by atomic mass is 10.0. The summed E-state index contributed by atoms with van der Waals surface area (Å²) in [4.78, 5) is 0. The van der Waals surface area contributed by atoms with Gasteiger partial charge in [-0.1, -0.05) is 6.92 Å². The van der Waals surface area contributed by atoms with E-state index in [1.165, 1.54) is 49.8 Å². The number of rotatable bonds is 0. The lowest BCUT2D eigenvalue weighted by molar-refractivity contribution is -0.944. The summed E-state index contributed by atoms with van der Waals surface area (Å²) in [6.45, 7) is 9.32. The van der Waals surface area contributed by atoms with E-state index in [9.17, 15) is 0 Å². The maximum Gasteiger partial charge on any atom is 0.0861 e. The Morgan fingerprint density at radius 1 is 1.00 bits per heavy atom. The van der Waals surface area contributed by atoms with Gasteiger partial charge in [0, 0.05) is 12.3 Å². The molecule has 0 aromatic carbocycles. The van der Waals surface area contributed by atoms with E-state index in [4.69, 9.17) is 0 Å². The van der Waals surface area contributed by atoms with Gasteiger partial charge in [-0.25, -0.2) is 0 Å². The summed E-state index contributed by atoms with van der Waals surface area (Å²) in [7, 11) is 0. The fourth-order valence-electron chi connectivity index (χ4n) is 3.24. The first kappa shape index (κ1) is 8.55. The first-order valence-electron chi connectivity index (χ1n) is 5.59. The Bertz CT molecular complexity index is 162. The van der Waals surface area contributed by atoms with Crippen LogP contribution in [0.15, 0.2) is 0 Å². The summed E-state index contributed by atoms with van der Waals surface area (Å²) in [5.41, 5.74) is 0. The molecule has 2 saturated heterocycles. The maximum atomic E-state index is 2.47. The van der Waals surface area contributed by atoms with Crippen LogP contribution < -0.4 is 0 Å². The zero-order chi connectivity index (χ0) is 8.60. The smallest absolute Gasteiger partial charge is 0.0861 e. The topological polar surface area (TPSA) is 0 Å². The molecule has 70 valence electrons. The van der Waals surface area contributed by atoms with Gasteiger partial charge in [-0.05, 0) is 26.2 Å². The van der Waals surface area contributed by atoms with Crippen molar-refractivity contribution in [2.45, 2.75) is 45.6 Å². The van der Waals surface area contributed by atoms with E-state index in [0.29, 0.717) is 0 Å². The quantitative estimate of drug-likeness (QED) is 0.487. The molecule has 0 aromatic heterocycles. The van der Waals surface area contributed by atoms with Crippen LogP contribution in [0, 0.1) is 5.92 Å². The van der Waals surface area contributed by atoms with Crippen molar-refractivity contribution in [1.29, 1.82) is 0 Å². The van der Waals surface area contributed by atoms with Crippen LogP contribution >= 0.6 is 0 Å². The second-order valence-corrected chi connectivity index (χ2v) is 5.09. The predicted molar refractivity (Wildman–Crippen MR) is 52.0 cm³/mol. The molecule has 2 aliphatic heterocycles. The molecule has 0 saturated carbocycles. The van der Waals surface area contributed by atoms with E-state index >= 15 is 0 Å². The van der Waals surface area contributed by atoms with Crippen molar-refractivity contribution in [3.05, 3.63) is 0 Å². The first-order chi connectivity index (χ1) is 5.73. The summed E-state index contributed by atoms with van der Waals surface area (Å²) in [5.74, 6) is 0.991. The van der Waals surface area contributed by atoms with Gasteiger partial charge in [0.2, 0.25) is 0 Å². The average molecular weight is 168 g/mol. The van der Waals surface area contributed by atoms with Crippen LogP contribution in [0.4, 0.5) is 0 Å². The van der Waals surface area contributed by atoms with E-state index in [2.05, 4.69) is 13.8 Å². The van der Waals surface area contributed by atoms with Crippen molar-refractivity contribution in [2.24, 2.45) is 5.92 Å². The highest BCUT2D eigenvalue weighted by molar-refractivity contribution is 4.70. The van der Waals surface area contributed by atoms with Crippen molar-refractivity contribution in [3.63, 3.8) is 0 Å². The van der Waals surface area contributed by atoms with Gasteiger partial charge >= 0.3 is 0 Å². The number of piperidine rings is 1. The van der Waals surface area contributed by atoms with Crippen LogP contribution in [0.1, 0.15) is 39.5 Å². The zero-order valence-electron chi connectivity index (χ0n) is 8.55. The van der Waals surface area contributed by atoms with Crippen LogP contribution in [0.2, 0.25) is 0 Å². The molecule has 2 rings (SSSR count). The molecular formula is C11H22N+. The number of hydrogen-bond acceptors (Lipinski definition) is 0. The Morgan fingerprint density at radius 3 is 2.42 bits per heavy atom. The first-order valence-corrected chi connectivity index (χ1v) is 5.59. The molecule has 1 nitrogen and oxygen atoms in total. The number of hydrogen-bond donors (Lipinski definition) is 0. The minimum atomic E-state index is 0.962.